The lowest BCUT2D eigenvalue weighted by molar-refractivity contribution is 0.268. The lowest BCUT2D eigenvalue weighted by atomic mass is 9.85. The van der Waals surface area contributed by atoms with E-state index in [-0.39, 0.29) is 11.5 Å². The van der Waals surface area contributed by atoms with Crippen LogP contribution in [0.5, 0.6) is 5.88 Å². The molecular weight excluding hydrogens is 192 g/mol. The van der Waals surface area contributed by atoms with E-state index in [2.05, 4.69) is 36.2 Å². The van der Waals surface area contributed by atoms with Crippen molar-refractivity contribution in [2.75, 3.05) is 7.11 Å². The smallest absolute Gasteiger partial charge is 0.216 e. The molecule has 3 N–H and O–H groups in total. The molecule has 5 nitrogen and oxygen atoms in total. The van der Waals surface area contributed by atoms with Crippen molar-refractivity contribution in [2.24, 2.45) is 11.3 Å². The first-order chi connectivity index (χ1) is 6.99. The zero-order chi connectivity index (χ0) is 11.5. The number of aromatic nitrogens is 2. The Morgan fingerprint density at radius 2 is 2.07 bits per heavy atom. The second-order valence-corrected chi connectivity index (χ2v) is 4.45. The molecule has 0 saturated carbocycles. The maximum Gasteiger partial charge on any atom is 0.216 e. The molecule has 0 aliphatic carbocycles. The van der Waals surface area contributed by atoms with Crippen LogP contribution in [0.4, 0.5) is 0 Å². The van der Waals surface area contributed by atoms with Gasteiger partial charge in [-0.25, -0.2) is 9.97 Å². The minimum absolute atomic E-state index is 0.0197. The summed E-state index contributed by atoms with van der Waals surface area (Å²) >= 11 is 0. The molecule has 0 fully saturated rings. The second-order valence-electron chi connectivity index (χ2n) is 4.45. The molecule has 0 saturated heterocycles. The van der Waals surface area contributed by atoms with Gasteiger partial charge in [-0.2, -0.15) is 0 Å². The highest BCUT2D eigenvalue weighted by molar-refractivity contribution is 5.17. The van der Waals surface area contributed by atoms with E-state index in [1.54, 1.807) is 13.2 Å². The van der Waals surface area contributed by atoms with Gasteiger partial charge in [-0.05, 0) is 5.41 Å². The summed E-state index contributed by atoms with van der Waals surface area (Å²) in [5.74, 6) is 6.08. The average molecular weight is 210 g/mol. The molecule has 1 atom stereocenters. The van der Waals surface area contributed by atoms with E-state index in [0.29, 0.717) is 5.88 Å². The summed E-state index contributed by atoms with van der Waals surface area (Å²) in [4.78, 5) is 8.15. The van der Waals surface area contributed by atoms with Crippen LogP contribution in [-0.2, 0) is 0 Å². The number of hydrazine groups is 1. The van der Waals surface area contributed by atoms with Gasteiger partial charge in [0.15, 0.2) is 0 Å². The Morgan fingerprint density at radius 3 is 2.53 bits per heavy atom. The van der Waals surface area contributed by atoms with Crippen LogP contribution in [0.2, 0.25) is 0 Å². The van der Waals surface area contributed by atoms with Crippen molar-refractivity contribution in [2.45, 2.75) is 26.8 Å². The first-order valence-corrected chi connectivity index (χ1v) is 4.81. The van der Waals surface area contributed by atoms with Crippen molar-refractivity contribution in [3.8, 4) is 5.88 Å². The van der Waals surface area contributed by atoms with E-state index in [9.17, 15) is 0 Å². The van der Waals surface area contributed by atoms with Gasteiger partial charge in [-0.1, -0.05) is 20.8 Å². The zero-order valence-corrected chi connectivity index (χ0v) is 9.61. The van der Waals surface area contributed by atoms with Crippen molar-refractivity contribution in [1.82, 2.24) is 15.4 Å². The molecule has 0 aliphatic heterocycles. The molecule has 1 aromatic heterocycles. The minimum atomic E-state index is -0.0330. The predicted molar refractivity (Wildman–Crippen MR) is 58.1 cm³/mol. The van der Waals surface area contributed by atoms with Crippen molar-refractivity contribution in [1.29, 1.82) is 0 Å². The molecule has 1 unspecified atom stereocenters. The molecule has 1 rings (SSSR count). The summed E-state index contributed by atoms with van der Waals surface area (Å²) in [6.45, 7) is 6.27. The van der Waals surface area contributed by atoms with Crippen molar-refractivity contribution < 1.29 is 4.74 Å². The minimum Gasteiger partial charge on any atom is -0.481 e. The van der Waals surface area contributed by atoms with Crippen LogP contribution >= 0.6 is 0 Å². The van der Waals surface area contributed by atoms with E-state index in [0.717, 1.165) is 5.69 Å². The van der Waals surface area contributed by atoms with Crippen molar-refractivity contribution >= 4 is 0 Å². The lowest BCUT2D eigenvalue weighted by Gasteiger charge is -2.29. The number of nitrogens with zero attached hydrogens (tertiary/aromatic N) is 2. The molecule has 15 heavy (non-hydrogen) atoms. The van der Waals surface area contributed by atoms with Gasteiger partial charge in [0, 0.05) is 6.07 Å². The van der Waals surface area contributed by atoms with Crippen LogP contribution in [0.15, 0.2) is 12.4 Å². The highest BCUT2D eigenvalue weighted by atomic mass is 16.5. The van der Waals surface area contributed by atoms with Crippen molar-refractivity contribution in [3.05, 3.63) is 18.1 Å². The van der Waals surface area contributed by atoms with E-state index >= 15 is 0 Å². The fraction of sp³-hybridized carbons (Fsp3) is 0.600. The number of hydrogen-bond donors (Lipinski definition) is 2. The van der Waals surface area contributed by atoms with Crippen LogP contribution in [-0.4, -0.2) is 17.1 Å². The molecule has 0 amide bonds. The summed E-state index contributed by atoms with van der Waals surface area (Å²) < 4.78 is 5.04. The highest BCUT2D eigenvalue weighted by Gasteiger charge is 2.26. The largest absolute Gasteiger partial charge is 0.481 e. The molecule has 0 radical (unpaired) electrons. The monoisotopic (exact) mass is 210 g/mol. The van der Waals surface area contributed by atoms with E-state index in [1.807, 2.05) is 0 Å². The first-order valence-electron chi connectivity index (χ1n) is 4.81. The number of nitrogens with one attached hydrogen (secondary N) is 1. The topological polar surface area (TPSA) is 73.1 Å². The molecule has 84 valence electrons. The third-order valence-electron chi connectivity index (χ3n) is 2.20. The van der Waals surface area contributed by atoms with Crippen LogP contribution in [0.25, 0.3) is 0 Å². The van der Waals surface area contributed by atoms with E-state index < -0.39 is 0 Å². The Balaban J connectivity index is 3.02. The zero-order valence-electron chi connectivity index (χ0n) is 9.61. The summed E-state index contributed by atoms with van der Waals surface area (Å²) in [5, 5.41) is 0. The Labute approximate surface area is 90.0 Å². The summed E-state index contributed by atoms with van der Waals surface area (Å²) in [5.41, 5.74) is 3.57. The molecule has 1 heterocycles. The van der Waals surface area contributed by atoms with Crippen molar-refractivity contribution in [3.63, 3.8) is 0 Å². The number of ether oxygens (including phenoxy) is 1. The SMILES string of the molecule is COc1cc(C(NN)C(C)(C)C)ncn1. The fourth-order valence-corrected chi connectivity index (χ4v) is 1.40. The van der Waals surface area contributed by atoms with Gasteiger partial charge in [0.05, 0.1) is 18.8 Å². The van der Waals surface area contributed by atoms with Gasteiger partial charge in [0.25, 0.3) is 0 Å². The maximum atomic E-state index is 5.53. The van der Waals surface area contributed by atoms with Gasteiger partial charge in [-0.3, -0.25) is 11.3 Å². The van der Waals surface area contributed by atoms with Gasteiger partial charge in [0.1, 0.15) is 6.33 Å². The maximum absolute atomic E-state index is 5.53. The Hall–Kier alpha value is -1.20. The van der Waals surface area contributed by atoms with Gasteiger partial charge >= 0.3 is 0 Å². The normalized spacial score (nSPS) is 13.7. The fourth-order valence-electron chi connectivity index (χ4n) is 1.40. The predicted octanol–water partition coefficient (Wildman–Crippen LogP) is 1.04. The molecule has 1 aromatic rings. The summed E-state index contributed by atoms with van der Waals surface area (Å²) in [6, 6.07) is 1.75. The van der Waals surface area contributed by atoms with Crippen LogP contribution in [0.3, 0.4) is 0 Å². The van der Waals surface area contributed by atoms with Crippen LogP contribution in [0, 0.1) is 5.41 Å². The first kappa shape index (κ1) is 11.9. The van der Waals surface area contributed by atoms with Crippen LogP contribution < -0.4 is 16.0 Å². The third-order valence-corrected chi connectivity index (χ3v) is 2.20. The molecular formula is C10H18N4O. The Bertz CT molecular complexity index is 321. The molecule has 0 spiro atoms. The van der Waals surface area contributed by atoms with E-state index in [4.69, 9.17) is 10.6 Å². The molecule has 0 aromatic carbocycles. The molecule has 0 aliphatic rings. The molecule has 0 bridgehead atoms. The quantitative estimate of drug-likeness (QED) is 0.576. The summed E-state index contributed by atoms with van der Waals surface area (Å²) in [7, 11) is 1.58. The van der Waals surface area contributed by atoms with Gasteiger partial charge < -0.3 is 4.74 Å². The van der Waals surface area contributed by atoms with Gasteiger partial charge in [-0.15, -0.1) is 0 Å². The molecule has 5 heteroatoms. The number of rotatable bonds is 3. The Morgan fingerprint density at radius 1 is 1.40 bits per heavy atom. The summed E-state index contributed by atoms with van der Waals surface area (Å²) in [6.07, 6.45) is 1.48. The third kappa shape index (κ3) is 2.87. The van der Waals surface area contributed by atoms with Gasteiger partial charge in [0.2, 0.25) is 5.88 Å². The Kier molecular flexibility index (Phi) is 3.60. The second kappa shape index (κ2) is 4.55. The number of hydrogen-bond acceptors (Lipinski definition) is 5. The average Bonchev–Trinajstić information content (AvgIpc) is 2.17. The lowest BCUT2D eigenvalue weighted by Crippen LogP contribution is -2.37. The van der Waals surface area contributed by atoms with E-state index in [1.165, 1.54) is 6.33 Å². The standard InChI is InChI=1S/C10H18N4O/c1-10(2,3)9(14-11)7-5-8(15-4)13-6-12-7/h5-6,9,14H,11H2,1-4H3. The number of nitrogens with two attached hydrogens (primary N) is 1. The highest BCUT2D eigenvalue weighted by Crippen LogP contribution is 2.31. The van der Waals surface area contributed by atoms with Crippen LogP contribution in [0.1, 0.15) is 32.5 Å². The number of methoxy groups -OCH3 is 1.